The molecule has 12 heavy (non-hydrogen) atoms. The van der Waals surface area contributed by atoms with Crippen molar-refractivity contribution in [2.24, 2.45) is 0 Å². The number of morpholine rings is 1. The number of fused-ring (bicyclic) bond motifs is 5. The number of hydrogen-bond acceptors (Lipinski definition) is 2. The van der Waals surface area contributed by atoms with Gasteiger partial charge in [-0.3, -0.25) is 0 Å². The minimum absolute atomic E-state index is 0.0671. The molecule has 3 fully saturated rings. The summed E-state index contributed by atoms with van der Waals surface area (Å²) < 4.78 is 6.65. The lowest BCUT2D eigenvalue weighted by Crippen LogP contribution is -2.59. The molecule has 3 saturated heterocycles. The Hall–Kier alpha value is -0.120. The second-order valence-corrected chi connectivity index (χ2v) is 4.95. The van der Waals surface area contributed by atoms with Crippen LogP contribution in [0.15, 0.2) is 0 Å². The number of quaternary nitrogens is 1. The van der Waals surface area contributed by atoms with Crippen molar-refractivity contribution >= 4 is 0 Å². The third-order valence-electron chi connectivity index (χ3n) is 4.06. The Morgan fingerprint density at radius 2 is 1.67 bits per heavy atom. The number of likely N-dealkylation sites (N-methyl/N-ethyl adjacent to an activating group) is 1. The lowest BCUT2D eigenvalue weighted by atomic mass is 9.97. The summed E-state index contributed by atoms with van der Waals surface area (Å²) in [5.74, 6) is 0. The Kier molecular flexibility index (Phi) is 1.13. The van der Waals surface area contributed by atoms with E-state index in [-0.39, 0.29) is 6.10 Å². The van der Waals surface area contributed by atoms with E-state index < -0.39 is 0 Å². The van der Waals surface area contributed by atoms with E-state index in [1.54, 1.807) is 0 Å². The maximum absolute atomic E-state index is 9.60. The zero-order valence-electron chi connectivity index (χ0n) is 7.60. The summed E-state index contributed by atoms with van der Waals surface area (Å²) in [6.07, 6.45) is 2.75. The third kappa shape index (κ3) is 0.679. The van der Waals surface area contributed by atoms with Crippen molar-refractivity contribution in [1.29, 1.82) is 0 Å². The molecule has 0 aromatic rings. The van der Waals surface area contributed by atoms with Crippen LogP contribution in [0.25, 0.3) is 0 Å². The van der Waals surface area contributed by atoms with Crippen LogP contribution in [0.4, 0.5) is 0 Å². The molecule has 3 heterocycles. The molecule has 0 aromatic carbocycles. The van der Waals surface area contributed by atoms with E-state index in [0.29, 0.717) is 24.3 Å². The monoisotopic (exact) mass is 170 g/mol. The van der Waals surface area contributed by atoms with Crippen LogP contribution in [-0.2, 0) is 4.74 Å². The van der Waals surface area contributed by atoms with Crippen molar-refractivity contribution in [3.05, 3.63) is 0 Å². The second kappa shape index (κ2) is 1.86. The van der Waals surface area contributed by atoms with Crippen LogP contribution in [0, 0.1) is 0 Å². The van der Waals surface area contributed by atoms with Gasteiger partial charge in [0.05, 0.1) is 20.2 Å². The fourth-order valence-electron chi connectivity index (χ4n) is 3.22. The molecular weight excluding hydrogens is 154 g/mol. The van der Waals surface area contributed by atoms with Crippen molar-refractivity contribution in [2.75, 3.05) is 14.1 Å². The number of aliphatic hydroxyl groups is 1. The van der Waals surface area contributed by atoms with Gasteiger partial charge in [0, 0.05) is 12.8 Å². The summed E-state index contributed by atoms with van der Waals surface area (Å²) in [5, 5.41) is 9.60. The van der Waals surface area contributed by atoms with Crippen LogP contribution in [-0.4, -0.2) is 54.1 Å². The average Bonchev–Trinajstić information content (AvgIpc) is 2.66. The van der Waals surface area contributed by atoms with E-state index in [1.165, 1.54) is 0 Å². The lowest BCUT2D eigenvalue weighted by molar-refractivity contribution is -0.938. The molecule has 0 spiro atoms. The highest BCUT2D eigenvalue weighted by Crippen LogP contribution is 2.50. The van der Waals surface area contributed by atoms with Gasteiger partial charge in [-0.1, -0.05) is 0 Å². The Labute approximate surface area is 72.5 Å². The zero-order chi connectivity index (χ0) is 8.51. The fraction of sp³-hybridized carbons (Fsp3) is 1.00. The molecule has 0 radical (unpaired) electrons. The first-order valence-electron chi connectivity index (χ1n) is 4.77. The maximum atomic E-state index is 9.60. The molecule has 3 unspecified atom stereocenters. The van der Waals surface area contributed by atoms with E-state index in [4.69, 9.17) is 4.74 Å². The molecule has 0 saturated carbocycles. The van der Waals surface area contributed by atoms with E-state index in [2.05, 4.69) is 14.1 Å². The molecular formula is C9H16NO2+. The highest BCUT2D eigenvalue weighted by Gasteiger charge is 2.70. The Balaban J connectivity index is 1.96. The van der Waals surface area contributed by atoms with Crippen LogP contribution in [0.5, 0.6) is 0 Å². The third-order valence-corrected chi connectivity index (χ3v) is 4.06. The average molecular weight is 170 g/mol. The van der Waals surface area contributed by atoms with Gasteiger partial charge in [0.25, 0.3) is 0 Å². The van der Waals surface area contributed by atoms with Gasteiger partial charge in [-0.05, 0) is 0 Å². The van der Waals surface area contributed by atoms with Crippen LogP contribution >= 0.6 is 0 Å². The molecule has 0 aromatic heterocycles. The Morgan fingerprint density at radius 1 is 1.17 bits per heavy atom. The summed E-state index contributed by atoms with van der Waals surface area (Å²) >= 11 is 0. The van der Waals surface area contributed by atoms with Crippen LogP contribution < -0.4 is 0 Å². The smallest absolute Gasteiger partial charge is 0.142 e. The maximum Gasteiger partial charge on any atom is 0.142 e. The SMILES string of the molecule is C[N+]1(C)C2CC(O)CC1[C@@H]1O[C@H]21. The first kappa shape index (κ1) is 7.30. The first-order chi connectivity index (χ1) is 5.60. The van der Waals surface area contributed by atoms with E-state index in [9.17, 15) is 5.11 Å². The summed E-state index contributed by atoms with van der Waals surface area (Å²) in [6.45, 7) is 0. The Morgan fingerprint density at radius 3 is 2.17 bits per heavy atom. The van der Waals surface area contributed by atoms with E-state index >= 15 is 0 Å². The van der Waals surface area contributed by atoms with Gasteiger partial charge in [-0.15, -0.1) is 0 Å². The number of hydrogen-bond donors (Lipinski definition) is 1. The number of piperidine rings is 1. The van der Waals surface area contributed by atoms with E-state index in [0.717, 1.165) is 17.3 Å². The number of epoxide rings is 1. The lowest BCUT2D eigenvalue weighted by Gasteiger charge is -2.44. The molecule has 5 atom stereocenters. The van der Waals surface area contributed by atoms with Crippen molar-refractivity contribution in [2.45, 2.75) is 43.2 Å². The van der Waals surface area contributed by atoms with Crippen molar-refractivity contribution in [3.63, 3.8) is 0 Å². The number of nitrogens with zero attached hydrogens (tertiary/aromatic N) is 1. The van der Waals surface area contributed by atoms with Gasteiger partial charge >= 0.3 is 0 Å². The predicted molar refractivity (Wildman–Crippen MR) is 43.6 cm³/mol. The van der Waals surface area contributed by atoms with Crippen LogP contribution in [0.2, 0.25) is 0 Å². The fourth-order valence-corrected chi connectivity index (χ4v) is 3.22. The highest BCUT2D eigenvalue weighted by molar-refractivity contribution is 5.07. The molecule has 0 amide bonds. The summed E-state index contributed by atoms with van der Waals surface area (Å²) in [7, 11) is 4.55. The van der Waals surface area contributed by atoms with Gasteiger partial charge in [-0.2, -0.15) is 0 Å². The largest absolute Gasteiger partial charge is 0.393 e. The van der Waals surface area contributed by atoms with Crippen molar-refractivity contribution in [3.8, 4) is 0 Å². The van der Waals surface area contributed by atoms with Gasteiger partial charge in [0.1, 0.15) is 24.3 Å². The van der Waals surface area contributed by atoms with Gasteiger partial charge in [0.2, 0.25) is 0 Å². The Bertz CT molecular complexity index is 209. The molecule has 0 aliphatic carbocycles. The van der Waals surface area contributed by atoms with Crippen molar-refractivity contribution < 1.29 is 14.3 Å². The molecule has 3 rings (SSSR count). The zero-order valence-corrected chi connectivity index (χ0v) is 7.60. The predicted octanol–water partition coefficient (Wildman–Crippen LogP) is -0.264. The highest BCUT2D eigenvalue weighted by atomic mass is 16.6. The van der Waals surface area contributed by atoms with Gasteiger partial charge in [0.15, 0.2) is 0 Å². The minimum Gasteiger partial charge on any atom is -0.393 e. The first-order valence-corrected chi connectivity index (χ1v) is 4.77. The number of aliphatic hydroxyl groups excluding tert-OH is 1. The summed E-state index contributed by atoms with van der Waals surface area (Å²) in [5.41, 5.74) is 0. The molecule has 3 heteroatoms. The molecule has 68 valence electrons. The van der Waals surface area contributed by atoms with Crippen LogP contribution in [0.1, 0.15) is 12.8 Å². The molecule has 3 aliphatic rings. The molecule has 1 N–H and O–H groups in total. The molecule has 3 aliphatic heterocycles. The summed E-state index contributed by atoms with van der Waals surface area (Å²) in [6, 6.07) is 1.12. The van der Waals surface area contributed by atoms with Crippen LogP contribution in [0.3, 0.4) is 0 Å². The summed E-state index contributed by atoms with van der Waals surface area (Å²) in [4.78, 5) is 0. The quantitative estimate of drug-likeness (QED) is 0.401. The molecule has 3 nitrogen and oxygen atoms in total. The topological polar surface area (TPSA) is 32.8 Å². The van der Waals surface area contributed by atoms with E-state index in [1.807, 2.05) is 0 Å². The number of ether oxygens (including phenoxy) is 1. The normalized spacial score (nSPS) is 59.8. The standard InChI is InChI=1S/C9H16NO2/c1-10(2)6-3-5(11)4-7(10)9-8(6)12-9/h5-9,11H,3-4H2,1-2H3/q+1/t5?,6?,7?,8-,9+. The van der Waals surface area contributed by atoms with Crippen molar-refractivity contribution in [1.82, 2.24) is 0 Å². The number of rotatable bonds is 0. The second-order valence-electron chi connectivity index (χ2n) is 4.95. The minimum atomic E-state index is -0.0671. The van der Waals surface area contributed by atoms with Gasteiger partial charge in [-0.25, -0.2) is 0 Å². The van der Waals surface area contributed by atoms with Gasteiger partial charge < -0.3 is 14.3 Å². The molecule has 2 bridgehead atoms.